The quantitative estimate of drug-likeness (QED) is 0.851. The number of anilines is 1. The SMILES string of the molecule is CCOC(=O)C1=CN(Cc2ccccc2)CCC2c3ccccc3NC12. The summed E-state index contributed by atoms with van der Waals surface area (Å²) in [5.74, 6) is 0.0744. The number of ether oxygens (including phenoxy) is 1. The molecule has 0 amide bonds. The molecule has 2 aromatic rings. The maximum atomic E-state index is 12.7. The number of benzene rings is 2. The van der Waals surface area contributed by atoms with Gasteiger partial charge < -0.3 is 15.0 Å². The summed E-state index contributed by atoms with van der Waals surface area (Å²) in [6.45, 7) is 3.95. The van der Waals surface area contributed by atoms with Gasteiger partial charge >= 0.3 is 5.97 Å². The molecule has 4 nitrogen and oxygen atoms in total. The molecular formula is C22H24N2O2. The molecule has 4 heteroatoms. The Hall–Kier alpha value is -2.75. The molecule has 0 saturated carbocycles. The molecule has 0 spiro atoms. The normalized spacial score (nSPS) is 21.1. The summed E-state index contributed by atoms with van der Waals surface area (Å²) < 4.78 is 5.37. The highest BCUT2D eigenvalue weighted by Crippen LogP contribution is 2.42. The topological polar surface area (TPSA) is 41.6 Å². The van der Waals surface area contributed by atoms with Gasteiger partial charge in [0.15, 0.2) is 0 Å². The second-order valence-electron chi connectivity index (χ2n) is 6.87. The Morgan fingerprint density at radius 2 is 1.92 bits per heavy atom. The van der Waals surface area contributed by atoms with Crippen molar-refractivity contribution in [1.29, 1.82) is 0 Å². The molecule has 2 atom stereocenters. The minimum Gasteiger partial charge on any atom is -0.463 e. The van der Waals surface area contributed by atoms with Crippen LogP contribution in [-0.2, 0) is 16.1 Å². The molecule has 4 rings (SSSR count). The molecule has 134 valence electrons. The lowest BCUT2D eigenvalue weighted by Crippen LogP contribution is -2.28. The summed E-state index contributed by atoms with van der Waals surface area (Å²) in [5, 5.41) is 3.55. The summed E-state index contributed by atoms with van der Waals surface area (Å²) in [6, 6.07) is 18.7. The van der Waals surface area contributed by atoms with Crippen LogP contribution in [0.15, 0.2) is 66.4 Å². The van der Waals surface area contributed by atoms with Crippen molar-refractivity contribution in [3.63, 3.8) is 0 Å². The second-order valence-corrected chi connectivity index (χ2v) is 6.87. The van der Waals surface area contributed by atoms with Crippen LogP contribution < -0.4 is 5.32 Å². The van der Waals surface area contributed by atoms with Crippen LogP contribution in [0.4, 0.5) is 5.69 Å². The molecule has 0 bridgehead atoms. The Morgan fingerprint density at radius 3 is 2.73 bits per heavy atom. The van der Waals surface area contributed by atoms with Crippen LogP contribution in [0.3, 0.4) is 0 Å². The molecule has 0 radical (unpaired) electrons. The van der Waals surface area contributed by atoms with Crippen molar-refractivity contribution in [1.82, 2.24) is 4.90 Å². The third-order valence-corrected chi connectivity index (χ3v) is 5.20. The van der Waals surface area contributed by atoms with Gasteiger partial charge in [-0.25, -0.2) is 4.79 Å². The van der Waals surface area contributed by atoms with Crippen molar-refractivity contribution < 1.29 is 9.53 Å². The first-order valence-corrected chi connectivity index (χ1v) is 9.28. The number of carbonyl (C=O) groups excluding carboxylic acids is 1. The fraction of sp³-hybridized carbons (Fsp3) is 0.318. The number of hydrogen-bond donors (Lipinski definition) is 1. The summed E-state index contributed by atoms with van der Waals surface area (Å²) >= 11 is 0. The predicted octanol–water partition coefficient (Wildman–Crippen LogP) is 3.92. The van der Waals surface area contributed by atoms with E-state index in [0.29, 0.717) is 12.5 Å². The van der Waals surface area contributed by atoms with Crippen molar-refractivity contribution in [3.8, 4) is 0 Å². The van der Waals surface area contributed by atoms with E-state index in [2.05, 4.69) is 52.7 Å². The highest BCUT2D eigenvalue weighted by Gasteiger charge is 2.39. The van der Waals surface area contributed by atoms with Gasteiger partial charge in [0.1, 0.15) is 0 Å². The molecule has 0 fully saturated rings. The first-order valence-electron chi connectivity index (χ1n) is 9.28. The molecule has 0 saturated heterocycles. The average Bonchev–Trinajstić information content (AvgIpc) is 2.93. The number of para-hydroxylation sites is 1. The molecule has 1 N–H and O–H groups in total. The number of nitrogens with zero attached hydrogens (tertiary/aromatic N) is 1. The smallest absolute Gasteiger partial charge is 0.337 e. The van der Waals surface area contributed by atoms with E-state index in [4.69, 9.17) is 4.74 Å². The van der Waals surface area contributed by atoms with E-state index in [0.717, 1.165) is 30.8 Å². The van der Waals surface area contributed by atoms with Crippen molar-refractivity contribution in [3.05, 3.63) is 77.5 Å². The second kappa shape index (κ2) is 7.24. The first kappa shape index (κ1) is 16.7. The zero-order chi connectivity index (χ0) is 17.9. The van der Waals surface area contributed by atoms with Crippen LogP contribution in [0.1, 0.15) is 30.4 Å². The number of fused-ring (bicyclic) bond motifs is 3. The van der Waals surface area contributed by atoms with Crippen molar-refractivity contribution in [2.24, 2.45) is 0 Å². The van der Waals surface area contributed by atoms with E-state index >= 15 is 0 Å². The number of esters is 1. The molecule has 0 aromatic heterocycles. The Kier molecular flexibility index (Phi) is 4.65. The van der Waals surface area contributed by atoms with Gasteiger partial charge in [-0.2, -0.15) is 0 Å². The fourth-order valence-corrected chi connectivity index (χ4v) is 4.00. The summed E-state index contributed by atoms with van der Waals surface area (Å²) in [6.07, 6.45) is 3.01. The molecule has 2 unspecified atom stereocenters. The lowest BCUT2D eigenvalue weighted by molar-refractivity contribution is -0.138. The van der Waals surface area contributed by atoms with Crippen LogP contribution in [-0.4, -0.2) is 30.1 Å². The summed E-state index contributed by atoms with van der Waals surface area (Å²) in [7, 11) is 0. The number of hydrogen-bond acceptors (Lipinski definition) is 4. The van der Waals surface area contributed by atoms with Crippen LogP contribution in [0.2, 0.25) is 0 Å². The first-order chi connectivity index (χ1) is 12.8. The monoisotopic (exact) mass is 348 g/mol. The molecule has 2 aliphatic heterocycles. The maximum absolute atomic E-state index is 12.7. The standard InChI is InChI=1S/C22H24N2O2/c1-2-26-22(25)19-15-24(14-16-8-4-3-5-9-16)13-12-18-17-10-6-7-11-20(17)23-21(18)19/h3-11,15,18,21,23H,2,12-14H2,1H3. The van der Waals surface area contributed by atoms with Gasteiger partial charge in [-0.15, -0.1) is 0 Å². The van der Waals surface area contributed by atoms with Gasteiger partial charge in [-0.1, -0.05) is 48.5 Å². The lowest BCUT2D eigenvalue weighted by atomic mass is 9.89. The maximum Gasteiger partial charge on any atom is 0.337 e. The molecule has 2 aromatic carbocycles. The van der Waals surface area contributed by atoms with E-state index in [1.54, 1.807) is 0 Å². The van der Waals surface area contributed by atoms with Gasteiger partial charge in [0, 0.05) is 30.9 Å². The van der Waals surface area contributed by atoms with E-state index < -0.39 is 0 Å². The minimum absolute atomic E-state index is 0.0211. The Labute approximate surface area is 154 Å². The summed E-state index contributed by atoms with van der Waals surface area (Å²) in [5.41, 5.74) is 4.40. The van der Waals surface area contributed by atoms with Gasteiger partial charge in [-0.3, -0.25) is 0 Å². The molecule has 26 heavy (non-hydrogen) atoms. The van der Waals surface area contributed by atoms with E-state index in [9.17, 15) is 4.79 Å². The molecular weight excluding hydrogens is 324 g/mol. The van der Waals surface area contributed by atoms with Gasteiger partial charge in [0.2, 0.25) is 0 Å². The Bertz CT molecular complexity index is 816. The van der Waals surface area contributed by atoms with Gasteiger partial charge in [0.25, 0.3) is 0 Å². The number of carbonyl (C=O) groups is 1. The van der Waals surface area contributed by atoms with Crippen LogP contribution in [0.25, 0.3) is 0 Å². The van der Waals surface area contributed by atoms with Crippen molar-refractivity contribution in [2.45, 2.75) is 31.8 Å². The largest absolute Gasteiger partial charge is 0.463 e. The van der Waals surface area contributed by atoms with E-state index in [1.165, 1.54) is 11.1 Å². The predicted molar refractivity (Wildman–Crippen MR) is 103 cm³/mol. The number of nitrogens with one attached hydrogen (secondary N) is 1. The van der Waals surface area contributed by atoms with Crippen LogP contribution in [0, 0.1) is 0 Å². The minimum atomic E-state index is -0.220. The highest BCUT2D eigenvalue weighted by molar-refractivity contribution is 5.91. The van der Waals surface area contributed by atoms with Gasteiger partial charge in [-0.05, 0) is 30.5 Å². The summed E-state index contributed by atoms with van der Waals surface area (Å²) in [4.78, 5) is 14.9. The third-order valence-electron chi connectivity index (χ3n) is 5.20. The Balaban J connectivity index is 1.65. The highest BCUT2D eigenvalue weighted by atomic mass is 16.5. The van der Waals surface area contributed by atoms with E-state index in [-0.39, 0.29) is 12.0 Å². The lowest BCUT2D eigenvalue weighted by Gasteiger charge is -2.20. The van der Waals surface area contributed by atoms with Crippen LogP contribution >= 0.6 is 0 Å². The van der Waals surface area contributed by atoms with Crippen molar-refractivity contribution >= 4 is 11.7 Å². The van der Waals surface area contributed by atoms with Crippen molar-refractivity contribution in [2.75, 3.05) is 18.5 Å². The molecule has 0 aliphatic carbocycles. The van der Waals surface area contributed by atoms with Crippen LogP contribution in [0.5, 0.6) is 0 Å². The fourth-order valence-electron chi connectivity index (χ4n) is 4.00. The van der Waals surface area contributed by atoms with E-state index in [1.807, 2.05) is 25.3 Å². The zero-order valence-electron chi connectivity index (χ0n) is 15.0. The number of rotatable bonds is 4. The molecule has 2 aliphatic rings. The van der Waals surface area contributed by atoms with Gasteiger partial charge in [0.05, 0.1) is 18.2 Å². The Morgan fingerprint density at radius 1 is 1.15 bits per heavy atom. The average molecular weight is 348 g/mol. The zero-order valence-corrected chi connectivity index (χ0v) is 15.0. The third kappa shape index (κ3) is 3.19. The molecule has 2 heterocycles.